The van der Waals surface area contributed by atoms with E-state index in [1.54, 1.807) is 19.2 Å². The summed E-state index contributed by atoms with van der Waals surface area (Å²) in [7, 11) is 1.62. The highest BCUT2D eigenvalue weighted by molar-refractivity contribution is 5.88. The predicted octanol–water partition coefficient (Wildman–Crippen LogP) is 6.15. The molecule has 0 unspecified atom stereocenters. The number of ether oxygens (including phenoxy) is 2. The highest BCUT2D eigenvalue weighted by atomic mass is 16.6. The Balaban J connectivity index is 1.71. The topological polar surface area (TPSA) is 85.1 Å². The summed E-state index contributed by atoms with van der Waals surface area (Å²) < 4.78 is 11.3. The van der Waals surface area contributed by atoms with E-state index < -0.39 is 6.04 Å². The van der Waals surface area contributed by atoms with Crippen molar-refractivity contribution in [3.63, 3.8) is 0 Å². The molecule has 0 fully saturated rings. The maximum absolute atomic E-state index is 14.2. The molecular formula is C31H37N3O5. The van der Waals surface area contributed by atoms with Crippen LogP contribution in [0.1, 0.15) is 50.8 Å². The van der Waals surface area contributed by atoms with Gasteiger partial charge < -0.3 is 19.3 Å². The van der Waals surface area contributed by atoms with Crippen molar-refractivity contribution < 1.29 is 19.2 Å². The summed E-state index contributed by atoms with van der Waals surface area (Å²) in [5, 5.41) is 11.6. The van der Waals surface area contributed by atoms with E-state index >= 15 is 0 Å². The van der Waals surface area contributed by atoms with Gasteiger partial charge in [-0.25, -0.2) is 0 Å². The monoisotopic (exact) mass is 531 g/mol. The summed E-state index contributed by atoms with van der Waals surface area (Å²) in [4.78, 5) is 29.3. The molecule has 8 heteroatoms. The van der Waals surface area contributed by atoms with E-state index in [4.69, 9.17) is 9.47 Å². The third-order valence-electron chi connectivity index (χ3n) is 6.69. The highest BCUT2D eigenvalue weighted by Crippen LogP contribution is 2.34. The number of anilines is 1. The van der Waals surface area contributed by atoms with Crippen LogP contribution in [0.2, 0.25) is 0 Å². The summed E-state index contributed by atoms with van der Waals surface area (Å²) in [6, 6.07) is 20.0. The Labute approximate surface area is 230 Å². The standard InChI is InChI=1S/C31H37N3O5/c1-6-17-33-28-16-11-25(34(36)37)19-24(28)21-32(20-23-9-12-26(38-5)13-10-23)30(35)29(33)18-22-7-14-27(15-8-22)39-31(2,3)4/h7-16,19,29H,6,17-18,20-21H2,1-5H3/t29-/m0/s1. The van der Waals surface area contributed by atoms with Crippen molar-refractivity contribution in [2.75, 3.05) is 18.6 Å². The zero-order valence-corrected chi connectivity index (χ0v) is 23.3. The van der Waals surface area contributed by atoms with Gasteiger partial charge in [-0.2, -0.15) is 0 Å². The van der Waals surface area contributed by atoms with Crippen LogP contribution in [0.3, 0.4) is 0 Å². The number of amides is 1. The first kappa shape index (κ1) is 28.0. The number of nitro benzene ring substituents is 1. The van der Waals surface area contributed by atoms with Gasteiger partial charge in [-0.3, -0.25) is 14.9 Å². The van der Waals surface area contributed by atoms with Crippen LogP contribution in [0, 0.1) is 10.1 Å². The number of hydrogen-bond acceptors (Lipinski definition) is 6. The van der Waals surface area contributed by atoms with Crippen molar-refractivity contribution in [2.24, 2.45) is 0 Å². The zero-order valence-electron chi connectivity index (χ0n) is 23.3. The minimum atomic E-state index is -0.458. The number of non-ortho nitro benzene ring substituents is 1. The van der Waals surface area contributed by atoms with E-state index in [2.05, 4.69) is 11.8 Å². The quantitative estimate of drug-likeness (QED) is 0.243. The van der Waals surface area contributed by atoms with Crippen molar-refractivity contribution in [2.45, 2.75) is 65.3 Å². The third-order valence-corrected chi connectivity index (χ3v) is 6.69. The van der Waals surface area contributed by atoms with Gasteiger partial charge in [-0.15, -0.1) is 0 Å². The van der Waals surface area contributed by atoms with Gasteiger partial charge in [0.2, 0.25) is 5.91 Å². The second-order valence-corrected chi connectivity index (χ2v) is 10.9. The fourth-order valence-corrected chi connectivity index (χ4v) is 4.96. The Morgan fingerprint density at radius 3 is 2.21 bits per heavy atom. The average Bonchev–Trinajstić information content (AvgIpc) is 3.00. The molecule has 8 nitrogen and oxygen atoms in total. The third kappa shape index (κ3) is 6.88. The predicted molar refractivity (Wildman–Crippen MR) is 152 cm³/mol. The fraction of sp³-hybridized carbons (Fsp3) is 0.387. The number of benzene rings is 3. The molecule has 4 rings (SSSR count). The molecule has 3 aromatic carbocycles. The van der Waals surface area contributed by atoms with E-state index in [1.165, 1.54) is 6.07 Å². The lowest BCUT2D eigenvalue weighted by atomic mass is 10.0. The molecule has 3 aromatic rings. The SMILES string of the molecule is CCCN1c2ccc([N+](=O)[O-])cc2CN(Cc2ccc(OC)cc2)C(=O)[C@@H]1Cc1ccc(OC(C)(C)C)cc1. The number of carbonyl (C=O) groups excluding carboxylic acids is 1. The van der Waals surface area contributed by atoms with Crippen LogP contribution in [-0.2, 0) is 24.3 Å². The molecule has 1 aliphatic heterocycles. The van der Waals surface area contributed by atoms with Crippen molar-refractivity contribution in [1.29, 1.82) is 0 Å². The molecule has 0 saturated heterocycles. The van der Waals surface area contributed by atoms with E-state index in [-0.39, 0.29) is 28.7 Å². The van der Waals surface area contributed by atoms with E-state index in [9.17, 15) is 14.9 Å². The van der Waals surface area contributed by atoms with Gasteiger partial charge in [0.1, 0.15) is 23.1 Å². The molecule has 0 bridgehead atoms. The molecule has 0 aliphatic carbocycles. The average molecular weight is 532 g/mol. The molecule has 0 saturated carbocycles. The molecule has 39 heavy (non-hydrogen) atoms. The number of nitro groups is 1. The molecule has 1 amide bonds. The molecule has 1 aliphatic rings. The van der Waals surface area contributed by atoms with Crippen molar-refractivity contribution >= 4 is 17.3 Å². The van der Waals surface area contributed by atoms with Crippen LogP contribution in [0.25, 0.3) is 0 Å². The second kappa shape index (κ2) is 11.8. The zero-order chi connectivity index (χ0) is 28.2. The van der Waals surface area contributed by atoms with Crippen molar-refractivity contribution in [3.8, 4) is 11.5 Å². The lowest BCUT2D eigenvalue weighted by Gasteiger charge is -2.33. The Morgan fingerprint density at radius 1 is 0.974 bits per heavy atom. The summed E-state index contributed by atoms with van der Waals surface area (Å²) in [5.74, 6) is 1.52. The van der Waals surface area contributed by atoms with Crippen LogP contribution < -0.4 is 14.4 Å². The minimum Gasteiger partial charge on any atom is -0.497 e. The first-order valence-corrected chi connectivity index (χ1v) is 13.3. The van der Waals surface area contributed by atoms with Gasteiger partial charge in [0.05, 0.1) is 12.0 Å². The molecule has 1 atom stereocenters. The van der Waals surface area contributed by atoms with Crippen LogP contribution in [0.4, 0.5) is 11.4 Å². The normalized spacial score (nSPS) is 15.5. The fourth-order valence-electron chi connectivity index (χ4n) is 4.96. The van der Waals surface area contributed by atoms with Crippen LogP contribution in [0.15, 0.2) is 66.7 Å². The minimum absolute atomic E-state index is 0.00635. The van der Waals surface area contributed by atoms with E-state index in [0.717, 1.165) is 40.3 Å². The van der Waals surface area contributed by atoms with Crippen LogP contribution in [-0.4, -0.2) is 41.0 Å². The van der Waals surface area contributed by atoms with E-state index in [0.29, 0.717) is 19.5 Å². The Hall–Kier alpha value is -4.07. The Bertz CT molecular complexity index is 1300. The molecule has 0 aromatic heterocycles. The summed E-state index contributed by atoms with van der Waals surface area (Å²) in [6.45, 7) is 9.43. The van der Waals surface area contributed by atoms with Crippen LogP contribution in [0.5, 0.6) is 11.5 Å². The lowest BCUT2D eigenvalue weighted by molar-refractivity contribution is -0.384. The summed E-state index contributed by atoms with van der Waals surface area (Å²) in [6.07, 6.45) is 1.33. The molecule has 0 spiro atoms. The largest absolute Gasteiger partial charge is 0.497 e. The number of fused-ring (bicyclic) bond motifs is 1. The van der Waals surface area contributed by atoms with Crippen molar-refractivity contribution in [1.82, 2.24) is 4.90 Å². The highest BCUT2D eigenvalue weighted by Gasteiger charge is 2.35. The molecule has 1 heterocycles. The maximum Gasteiger partial charge on any atom is 0.269 e. The lowest BCUT2D eigenvalue weighted by Crippen LogP contribution is -2.48. The number of hydrogen-bond donors (Lipinski definition) is 0. The second-order valence-electron chi connectivity index (χ2n) is 10.9. The van der Waals surface area contributed by atoms with E-state index in [1.807, 2.05) is 74.2 Å². The summed E-state index contributed by atoms with van der Waals surface area (Å²) in [5.41, 5.74) is 3.34. The number of carbonyl (C=O) groups is 1. The van der Waals surface area contributed by atoms with Crippen LogP contribution >= 0.6 is 0 Å². The Morgan fingerprint density at radius 2 is 1.62 bits per heavy atom. The number of rotatable bonds is 9. The van der Waals surface area contributed by atoms with Gasteiger partial charge in [-0.05, 0) is 68.7 Å². The van der Waals surface area contributed by atoms with Gasteiger partial charge in [0.25, 0.3) is 5.69 Å². The Kier molecular flexibility index (Phi) is 8.43. The number of nitrogens with zero attached hydrogens (tertiary/aromatic N) is 3. The van der Waals surface area contributed by atoms with Gasteiger partial charge >= 0.3 is 0 Å². The first-order chi connectivity index (χ1) is 18.6. The molecule has 0 radical (unpaired) electrons. The van der Waals surface area contributed by atoms with Gasteiger partial charge in [0.15, 0.2) is 0 Å². The van der Waals surface area contributed by atoms with Gasteiger partial charge in [0, 0.05) is 49.4 Å². The first-order valence-electron chi connectivity index (χ1n) is 13.3. The molecule has 0 N–H and O–H groups in total. The van der Waals surface area contributed by atoms with Gasteiger partial charge in [-0.1, -0.05) is 31.2 Å². The van der Waals surface area contributed by atoms with Crippen molar-refractivity contribution in [3.05, 3.63) is 93.5 Å². The molecular weight excluding hydrogens is 494 g/mol. The maximum atomic E-state index is 14.2. The smallest absolute Gasteiger partial charge is 0.269 e. The summed E-state index contributed by atoms with van der Waals surface area (Å²) >= 11 is 0. The molecule has 206 valence electrons. The number of methoxy groups -OCH3 is 1.